The predicted octanol–water partition coefficient (Wildman–Crippen LogP) is 6.54. The van der Waals surface area contributed by atoms with Gasteiger partial charge in [-0.25, -0.2) is 9.18 Å². The minimum absolute atomic E-state index is 0.261. The summed E-state index contributed by atoms with van der Waals surface area (Å²) in [5, 5.41) is 7.25. The van der Waals surface area contributed by atoms with Gasteiger partial charge in [-0.3, -0.25) is 4.90 Å². The highest BCUT2D eigenvalue weighted by molar-refractivity contribution is 6.01. The van der Waals surface area contributed by atoms with Crippen molar-refractivity contribution in [1.29, 1.82) is 0 Å². The number of amides is 2. The molecule has 0 spiro atoms. The standard InChI is InChI=1S/C29H27FN4O3/c1-4-19-6-14-23(15-7-19)34-18(3)25(28-32-27(33-37-28)21-8-12-22(30)13-9-21)26(31-29(34)35)20-10-16-24(17-11-20)36-5-2/h6-17,26H,4-5H2,1-3H3,(H,31,35). The van der Waals surface area contributed by atoms with E-state index < -0.39 is 6.04 Å². The molecule has 37 heavy (non-hydrogen) atoms. The fraction of sp³-hybridized carbons (Fsp3) is 0.207. The lowest BCUT2D eigenvalue weighted by Gasteiger charge is -2.35. The van der Waals surface area contributed by atoms with Gasteiger partial charge in [0.05, 0.1) is 23.9 Å². The molecule has 7 nitrogen and oxygen atoms in total. The fourth-order valence-electron chi connectivity index (χ4n) is 4.43. The first kappa shape index (κ1) is 24.2. The quantitative estimate of drug-likeness (QED) is 0.313. The third-order valence-electron chi connectivity index (χ3n) is 6.37. The lowest BCUT2D eigenvalue weighted by Crippen LogP contribution is -2.46. The van der Waals surface area contributed by atoms with Gasteiger partial charge in [0, 0.05) is 11.3 Å². The molecule has 1 aliphatic rings. The molecule has 1 N–H and O–H groups in total. The van der Waals surface area contributed by atoms with Crippen molar-refractivity contribution >= 4 is 17.3 Å². The molecule has 1 unspecified atom stereocenters. The van der Waals surface area contributed by atoms with E-state index in [1.165, 1.54) is 17.7 Å². The van der Waals surface area contributed by atoms with Crippen LogP contribution in [0, 0.1) is 5.82 Å². The number of carbonyl (C=O) groups is 1. The molecule has 1 atom stereocenters. The van der Waals surface area contributed by atoms with Crippen LogP contribution in [0.3, 0.4) is 0 Å². The number of aryl methyl sites for hydroxylation is 1. The van der Waals surface area contributed by atoms with E-state index in [0.29, 0.717) is 29.3 Å². The normalized spacial score (nSPS) is 15.6. The monoisotopic (exact) mass is 498 g/mol. The summed E-state index contributed by atoms with van der Waals surface area (Å²) in [5.74, 6) is 0.994. The maximum absolute atomic E-state index is 13.4. The molecule has 8 heteroatoms. The second-order valence-electron chi connectivity index (χ2n) is 8.67. The van der Waals surface area contributed by atoms with Crippen LogP contribution in [-0.4, -0.2) is 22.8 Å². The fourth-order valence-corrected chi connectivity index (χ4v) is 4.43. The number of halogens is 1. The van der Waals surface area contributed by atoms with Crippen LogP contribution in [0.25, 0.3) is 17.0 Å². The Morgan fingerprint density at radius 2 is 1.70 bits per heavy atom. The number of hydrogen-bond acceptors (Lipinski definition) is 5. The first-order chi connectivity index (χ1) is 18.0. The number of urea groups is 1. The van der Waals surface area contributed by atoms with Gasteiger partial charge in [-0.15, -0.1) is 0 Å². The number of hydrogen-bond donors (Lipinski definition) is 1. The summed E-state index contributed by atoms with van der Waals surface area (Å²) in [4.78, 5) is 19.6. The van der Waals surface area contributed by atoms with Gasteiger partial charge in [-0.1, -0.05) is 36.3 Å². The topological polar surface area (TPSA) is 80.5 Å². The third kappa shape index (κ3) is 4.82. The molecule has 2 heterocycles. The Kier molecular flexibility index (Phi) is 6.72. The van der Waals surface area contributed by atoms with E-state index in [1.807, 2.05) is 62.4 Å². The summed E-state index contributed by atoms with van der Waals surface area (Å²) in [5.41, 5.74) is 4.71. The summed E-state index contributed by atoms with van der Waals surface area (Å²) in [6, 6.07) is 20.5. The minimum Gasteiger partial charge on any atom is -0.494 e. The average Bonchev–Trinajstić information content (AvgIpc) is 3.39. The Hall–Kier alpha value is -4.46. The van der Waals surface area contributed by atoms with Crippen LogP contribution >= 0.6 is 0 Å². The van der Waals surface area contributed by atoms with Crippen LogP contribution in [0.1, 0.15) is 43.8 Å². The van der Waals surface area contributed by atoms with Crippen molar-refractivity contribution < 1.29 is 18.4 Å². The highest BCUT2D eigenvalue weighted by Crippen LogP contribution is 2.39. The molecule has 0 radical (unpaired) electrons. The maximum atomic E-state index is 13.4. The number of ether oxygens (including phenoxy) is 1. The van der Waals surface area contributed by atoms with Crippen LogP contribution in [0.5, 0.6) is 5.75 Å². The van der Waals surface area contributed by atoms with Gasteiger partial charge < -0.3 is 14.6 Å². The van der Waals surface area contributed by atoms with E-state index in [2.05, 4.69) is 22.4 Å². The van der Waals surface area contributed by atoms with Crippen LogP contribution in [0.4, 0.5) is 14.9 Å². The number of rotatable bonds is 7. The molecular weight excluding hydrogens is 471 g/mol. The number of anilines is 1. The number of allylic oxidation sites excluding steroid dienone is 1. The van der Waals surface area contributed by atoms with Crippen molar-refractivity contribution in [2.45, 2.75) is 33.2 Å². The van der Waals surface area contributed by atoms with Crippen LogP contribution < -0.4 is 15.0 Å². The van der Waals surface area contributed by atoms with Crippen LogP contribution in [-0.2, 0) is 6.42 Å². The zero-order valence-electron chi connectivity index (χ0n) is 20.9. The molecule has 5 rings (SSSR count). The zero-order chi connectivity index (χ0) is 25.9. The molecule has 1 aromatic heterocycles. The van der Waals surface area contributed by atoms with E-state index in [-0.39, 0.29) is 17.7 Å². The van der Waals surface area contributed by atoms with E-state index in [9.17, 15) is 9.18 Å². The number of nitrogens with one attached hydrogen (secondary N) is 1. The number of carbonyl (C=O) groups excluding carboxylic acids is 1. The Labute approximate surface area is 214 Å². The summed E-state index contributed by atoms with van der Waals surface area (Å²) in [6.07, 6.45) is 0.903. The first-order valence-electron chi connectivity index (χ1n) is 12.2. The second kappa shape index (κ2) is 10.3. The van der Waals surface area contributed by atoms with Crippen molar-refractivity contribution in [2.24, 2.45) is 0 Å². The van der Waals surface area contributed by atoms with E-state index in [4.69, 9.17) is 9.26 Å². The first-order valence-corrected chi connectivity index (χ1v) is 12.2. The van der Waals surface area contributed by atoms with Gasteiger partial charge in [0.25, 0.3) is 5.89 Å². The highest BCUT2D eigenvalue weighted by Gasteiger charge is 2.36. The lowest BCUT2D eigenvalue weighted by molar-refractivity contribution is 0.244. The smallest absolute Gasteiger partial charge is 0.326 e. The van der Waals surface area contributed by atoms with Crippen molar-refractivity contribution in [3.8, 4) is 17.1 Å². The molecule has 2 amide bonds. The third-order valence-corrected chi connectivity index (χ3v) is 6.37. The molecule has 4 aromatic rings. The number of benzene rings is 3. The van der Waals surface area contributed by atoms with Gasteiger partial charge in [0.2, 0.25) is 5.82 Å². The minimum atomic E-state index is -0.532. The van der Waals surface area contributed by atoms with Crippen molar-refractivity contribution in [3.63, 3.8) is 0 Å². The van der Waals surface area contributed by atoms with Gasteiger partial charge >= 0.3 is 6.03 Å². The van der Waals surface area contributed by atoms with E-state index >= 15 is 0 Å². The summed E-state index contributed by atoms with van der Waals surface area (Å²) in [6.45, 7) is 6.44. The van der Waals surface area contributed by atoms with Crippen molar-refractivity contribution in [2.75, 3.05) is 11.5 Å². The summed E-state index contributed by atoms with van der Waals surface area (Å²) < 4.78 is 24.7. The van der Waals surface area contributed by atoms with Gasteiger partial charge in [0.15, 0.2) is 0 Å². The maximum Gasteiger partial charge on any atom is 0.326 e. The van der Waals surface area contributed by atoms with E-state index in [0.717, 1.165) is 23.4 Å². The number of aromatic nitrogens is 2. The largest absolute Gasteiger partial charge is 0.494 e. The Morgan fingerprint density at radius 3 is 2.35 bits per heavy atom. The Balaban J connectivity index is 1.61. The lowest BCUT2D eigenvalue weighted by atomic mass is 9.94. The average molecular weight is 499 g/mol. The zero-order valence-corrected chi connectivity index (χ0v) is 20.9. The highest BCUT2D eigenvalue weighted by atomic mass is 19.1. The van der Waals surface area contributed by atoms with Crippen LogP contribution in [0.2, 0.25) is 0 Å². The molecule has 188 valence electrons. The van der Waals surface area contributed by atoms with Crippen molar-refractivity contribution in [3.05, 3.63) is 101 Å². The molecular formula is C29H27FN4O3. The molecule has 3 aromatic carbocycles. The SMILES string of the molecule is CCOc1ccc(C2NC(=O)N(c3ccc(CC)cc3)C(C)=C2c2nc(-c3ccc(F)cc3)no2)cc1. The van der Waals surface area contributed by atoms with Gasteiger partial charge in [-0.2, -0.15) is 4.98 Å². The molecule has 0 bridgehead atoms. The Bertz CT molecular complexity index is 1430. The van der Waals surface area contributed by atoms with Crippen molar-refractivity contribution in [1.82, 2.24) is 15.5 Å². The molecule has 0 saturated heterocycles. The molecule has 1 aliphatic heterocycles. The Morgan fingerprint density at radius 1 is 1.00 bits per heavy atom. The second-order valence-corrected chi connectivity index (χ2v) is 8.67. The number of nitrogens with zero attached hydrogens (tertiary/aromatic N) is 3. The van der Waals surface area contributed by atoms with E-state index in [1.54, 1.807) is 17.0 Å². The predicted molar refractivity (Wildman–Crippen MR) is 139 cm³/mol. The molecule has 0 saturated carbocycles. The summed E-state index contributed by atoms with van der Waals surface area (Å²) in [7, 11) is 0. The van der Waals surface area contributed by atoms with Gasteiger partial charge in [-0.05, 0) is 79.9 Å². The molecule has 0 aliphatic carbocycles. The summed E-state index contributed by atoms with van der Waals surface area (Å²) >= 11 is 0. The van der Waals surface area contributed by atoms with Gasteiger partial charge in [0.1, 0.15) is 11.6 Å². The molecule has 0 fully saturated rings. The van der Waals surface area contributed by atoms with Crippen LogP contribution in [0.15, 0.2) is 83.0 Å².